The van der Waals surface area contributed by atoms with Crippen molar-refractivity contribution in [1.82, 2.24) is 5.32 Å². The monoisotopic (exact) mass is 330 g/mol. The Morgan fingerprint density at radius 2 is 1.83 bits per heavy atom. The molecule has 2 aromatic rings. The molecule has 1 atom stereocenters. The number of rotatable bonds is 7. The van der Waals surface area contributed by atoms with Crippen LogP contribution in [0.25, 0.3) is 0 Å². The number of carbonyl (C=O) groups excluding carboxylic acids is 1. The van der Waals surface area contributed by atoms with E-state index in [0.717, 1.165) is 4.90 Å². The van der Waals surface area contributed by atoms with Gasteiger partial charge in [-0.2, -0.15) is 0 Å². The minimum absolute atomic E-state index is 0.0452. The Morgan fingerprint density at radius 1 is 1.17 bits per heavy atom. The topological polar surface area (TPSA) is 72.2 Å². The maximum atomic E-state index is 11.9. The summed E-state index contributed by atoms with van der Waals surface area (Å²) < 4.78 is 0. The molecule has 0 aliphatic rings. The number of nitro groups is 1. The molecule has 0 saturated heterocycles. The lowest BCUT2D eigenvalue weighted by Crippen LogP contribution is -2.28. The molecule has 2 aromatic carbocycles. The van der Waals surface area contributed by atoms with Crippen molar-refractivity contribution in [3.8, 4) is 0 Å². The highest BCUT2D eigenvalue weighted by atomic mass is 32.2. The van der Waals surface area contributed by atoms with Crippen molar-refractivity contribution >= 4 is 23.4 Å². The fourth-order valence-electron chi connectivity index (χ4n) is 2.03. The van der Waals surface area contributed by atoms with Gasteiger partial charge in [-0.25, -0.2) is 0 Å². The van der Waals surface area contributed by atoms with E-state index in [9.17, 15) is 14.9 Å². The number of hydrogen-bond acceptors (Lipinski definition) is 4. The number of thioether (sulfide) groups is 1. The van der Waals surface area contributed by atoms with Crippen LogP contribution in [0.1, 0.15) is 18.4 Å². The highest BCUT2D eigenvalue weighted by Crippen LogP contribution is 2.21. The number of nitro benzene ring substituents is 1. The maximum absolute atomic E-state index is 11.9. The van der Waals surface area contributed by atoms with E-state index >= 15 is 0 Å². The molecule has 0 spiro atoms. The molecule has 0 fully saturated rings. The number of hydrogen-bond donors (Lipinski definition) is 1. The Balaban J connectivity index is 1.75. The van der Waals surface area contributed by atoms with Gasteiger partial charge in [-0.15, -0.1) is 11.8 Å². The second-order valence-electron chi connectivity index (χ2n) is 5.16. The van der Waals surface area contributed by atoms with Crippen molar-refractivity contribution < 1.29 is 9.72 Å². The minimum Gasteiger partial charge on any atom is -0.355 e. The summed E-state index contributed by atoms with van der Waals surface area (Å²) in [7, 11) is 0. The predicted octanol–water partition coefficient (Wildman–Crippen LogP) is 3.61. The first-order valence-electron chi connectivity index (χ1n) is 7.25. The third-order valence-corrected chi connectivity index (χ3v) is 4.40. The van der Waals surface area contributed by atoms with E-state index in [-0.39, 0.29) is 17.5 Å². The van der Waals surface area contributed by atoms with Crippen LogP contribution in [0.4, 0.5) is 5.69 Å². The molecule has 1 amide bonds. The van der Waals surface area contributed by atoms with E-state index < -0.39 is 4.92 Å². The van der Waals surface area contributed by atoms with Crippen LogP contribution in [-0.4, -0.2) is 23.1 Å². The minimum atomic E-state index is -0.438. The van der Waals surface area contributed by atoms with Gasteiger partial charge in [0.2, 0.25) is 5.91 Å². The summed E-state index contributed by atoms with van der Waals surface area (Å²) in [5.74, 6) is 0.500. The van der Waals surface area contributed by atoms with Gasteiger partial charge in [0.1, 0.15) is 0 Å². The molecule has 0 aliphatic carbocycles. The van der Waals surface area contributed by atoms with Crippen LogP contribution < -0.4 is 5.32 Å². The van der Waals surface area contributed by atoms with E-state index in [2.05, 4.69) is 12.2 Å². The van der Waals surface area contributed by atoms with Crippen molar-refractivity contribution in [2.75, 3.05) is 12.3 Å². The van der Waals surface area contributed by atoms with Gasteiger partial charge in [0.25, 0.3) is 5.69 Å². The Bertz CT molecular complexity index is 659. The molecule has 1 N–H and O–H groups in total. The summed E-state index contributed by atoms with van der Waals surface area (Å²) in [6.07, 6.45) is 0. The summed E-state index contributed by atoms with van der Waals surface area (Å²) in [6.45, 7) is 2.66. The van der Waals surface area contributed by atoms with Crippen molar-refractivity contribution in [3.05, 3.63) is 70.3 Å². The number of non-ortho nitro benzene ring substituents is 1. The van der Waals surface area contributed by atoms with E-state index in [1.165, 1.54) is 29.5 Å². The number of nitrogens with zero attached hydrogens (tertiary/aromatic N) is 1. The Morgan fingerprint density at radius 3 is 2.43 bits per heavy atom. The van der Waals surface area contributed by atoms with Gasteiger partial charge < -0.3 is 5.32 Å². The van der Waals surface area contributed by atoms with E-state index in [4.69, 9.17) is 0 Å². The van der Waals surface area contributed by atoms with Gasteiger partial charge >= 0.3 is 0 Å². The molecule has 0 aliphatic heterocycles. The molecule has 0 saturated carbocycles. The molecular formula is C17H18N2O3S. The zero-order valence-corrected chi connectivity index (χ0v) is 13.6. The lowest BCUT2D eigenvalue weighted by atomic mass is 10.0. The summed E-state index contributed by atoms with van der Waals surface area (Å²) >= 11 is 1.36. The first-order chi connectivity index (χ1) is 11.1. The molecule has 0 bridgehead atoms. The normalized spacial score (nSPS) is 11.7. The van der Waals surface area contributed by atoms with Crippen molar-refractivity contribution in [2.45, 2.75) is 17.7 Å². The highest BCUT2D eigenvalue weighted by molar-refractivity contribution is 8.00. The van der Waals surface area contributed by atoms with Crippen molar-refractivity contribution in [2.24, 2.45) is 0 Å². The lowest BCUT2D eigenvalue weighted by molar-refractivity contribution is -0.384. The van der Waals surface area contributed by atoms with Gasteiger partial charge in [-0.05, 0) is 23.6 Å². The predicted molar refractivity (Wildman–Crippen MR) is 91.7 cm³/mol. The molecule has 0 aromatic heterocycles. The molecule has 0 radical (unpaired) electrons. The maximum Gasteiger partial charge on any atom is 0.269 e. The zero-order chi connectivity index (χ0) is 16.7. The van der Waals surface area contributed by atoms with E-state index in [1.807, 2.05) is 30.3 Å². The van der Waals surface area contributed by atoms with Gasteiger partial charge in [0, 0.05) is 23.6 Å². The summed E-state index contributed by atoms with van der Waals surface area (Å²) in [5.41, 5.74) is 1.24. The van der Waals surface area contributed by atoms with Gasteiger partial charge in [-0.1, -0.05) is 37.3 Å². The van der Waals surface area contributed by atoms with Crippen LogP contribution in [0, 0.1) is 10.1 Å². The molecule has 2 rings (SSSR count). The summed E-state index contributed by atoms with van der Waals surface area (Å²) in [6, 6.07) is 16.2. The second-order valence-corrected chi connectivity index (χ2v) is 6.20. The number of amides is 1. The Labute approximate surface area is 139 Å². The largest absolute Gasteiger partial charge is 0.355 e. The molecule has 0 unspecified atom stereocenters. The molecule has 6 heteroatoms. The van der Waals surface area contributed by atoms with Crippen LogP contribution in [0.15, 0.2) is 59.5 Å². The third kappa shape index (κ3) is 5.41. The summed E-state index contributed by atoms with van der Waals surface area (Å²) in [5, 5.41) is 13.5. The SMILES string of the molecule is C[C@H](CNC(=O)CSc1ccc([N+](=O)[O-])cc1)c1ccccc1. The number of nitrogens with one attached hydrogen (secondary N) is 1. The van der Waals surface area contributed by atoms with Gasteiger partial charge in [0.15, 0.2) is 0 Å². The average molecular weight is 330 g/mol. The van der Waals surface area contributed by atoms with Crippen LogP contribution in [0.5, 0.6) is 0 Å². The number of carbonyl (C=O) groups is 1. The van der Waals surface area contributed by atoms with Crippen LogP contribution >= 0.6 is 11.8 Å². The van der Waals surface area contributed by atoms with E-state index in [0.29, 0.717) is 12.3 Å². The second kappa shape index (κ2) is 8.33. The molecule has 5 nitrogen and oxygen atoms in total. The first kappa shape index (κ1) is 17.0. The fraction of sp³-hybridized carbons (Fsp3) is 0.235. The van der Waals surface area contributed by atoms with E-state index in [1.54, 1.807) is 12.1 Å². The average Bonchev–Trinajstić information content (AvgIpc) is 2.59. The molecule has 120 valence electrons. The molecule has 23 heavy (non-hydrogen) atoms. The standard InChI is InChI=1S/C17H18N2O3S/c1-13(14-5-3-2-4-6-14)11-18-17(20)12-23-16-9-7-15(8-10-16)19(21)22/h2-10,13H,11-12H2,1H3,(H,18,20)/t13-/m1/s1. The van der Waals surface area contributed by atoms with Gasteiger partial charge in [-0.3, -0.25) is 14.9 Å². The molecule has 0 heterocycles. The summed E-state index contributed by atoms with van der Waals surface area (Å²) in [4.78, 5) is 22.9. The zero-order valence-electron chi connectivity index (χ0n) is 12.8. The third-order valence-electron chi connectivity index (χ3n) is 3.39. The molecular weight excluding hydrogens is 312 g/mol. The van der Waals surface area contributed by atoms with Crippen molar-refractivity contribution in [1.29, 1.82) is 0 Å². The lowest BCUT2D eigenvalue weighted by Gasteiger charge is -2.13. The number of benzene rings is 2. The van der Waals surface area contributed by atoms with Crippen LogP contribution in [0.3, 0.4) is 0 Å². The van der Waals surface area contributed by atoms with Crippen LogP contribution in [-0.2, 0) is 4.79 Å². The Kier molecular flexibility index (Phi) is 6.17. The quantitative estimate of drug-likeness (QED) is 0.478. The van der Waals surface area contributed by atoms with Gasteiger partial charge in [0.05, 0.1) is 10.7 Å². The fourth-order valence-corrected chi connectivity index (χ4v) is 2.76. The van der Waals surface area contributed by atoms with Crippen LogP contribution in [0.2, 0.25) is 0 Å². The Hall–Kier alpha value is -2.34. The smallest absolute Gasteiger partial charge is 0.269 e. The first-order valence-corrected chi connectivity index (χ1v) is 8.23. The highest BCUT2D eigenvalue weighted by Gasteiger charge is 2.09. The van der Waals surface area contributed by atoms with Crippen molar-refractivity contribution in [3.63, 3.8) is 0 Å².